The van der Waals surface area contributed by atoms with Crippen LogP contribution in [0.2, 0.25) is 5.02 Å². The van der Waals surface area contributed by atoms with Gasteiger partial charge in [-0.05, 0) is 42.8 Å². The lowest BCUT2D eigenvalue weighted by molar-refractivity contribution is 0.284. The molecule has 2 rings (SSSR count). The third-order valence-electron chi connectivity index (χ3n) is 3.06. The molecule has 2 aromatic rings. The second-order valence-electron chi connectivity index (χ2n) is 4.55. The van der Waals surface area contributed by atoms with E-state index in [4.69, 9.17) is 26.8 Å². The first-order valence-corrected chi connectivity index (χ1v) is 7.75. The van der Waals surface area contributed by atoms with Crippen molar-refractivity contribution in [2.75, 3.05) is 13.7 Å². The first-order valence-electron chi connectivity index (χ1n) is 6.57. The van der Waals surface area contributed by atoms with Gasteiger partial charge in [-0.3, -0.25) is 0 Å². The molecule has 3 nitrogen and oxygen atoms in total. The maximum absolute atomic E-state index is 6.19. The van der Waals surface area contributed by atoms with Gasteiger partial charge in [-0.1, -0.05) is 39.7 Å². The van der Waals surface area contributed by atoms with Gasteiger partial charge in [-0.2, -0.15) is 0 Å². The fourth-order valence-corrected chi connectivity index (χ4v) is 2.68. The van der Waals surface area contributed by atoms with Crippen LogP contribution in [-0.2, 0) is 13.0 Å². The van der Waals surface area contributed by atoms with Crippen molar-refractivity contribution in [2.45, 2.75) is 13.0 Å². The van der Waals surface area contributed by atoms with Crippen molar-refractivity contribution in [3.8, 4) is 11.5 Å². The van der Waals surface area contributed by atoms with E-state index in [-0.39, 0.29) is 0 Å². The Morgan fingerprint density at radius 1 is 1.14 bits per heavy atom. The summed E-state index contributed by atoms with van der Waals surface area (Å²) in [5.74, 6) is 1.39. The molecule has 0 amide bonds. The molecule has 0 aliphatic carbocycles. The molecule has 2 aromatic carbocycles. The molecule has 0 atom stereocenters. The van der Waals surface area contributed by atoms with Crippen molar-refractivity contribution >= 4 is 27.5 Å². The van der Waals surface area contributed by atoms with Crippen LogP contribution >= 0.6 is 27.5 Å². The Balaban J connectivity index is 2.16. The lowest BCUT2D eigenvalue weighted by Crippen LogP contribution is -2.04. The van der Waals surface area contributed by atoms with Crippen molar-refractivity contribution in [1.82, 2.24) is 0 Å². The molecule has 0 unspecified atom stereocenters. The molecule has 5 heteroatoms. The summed E-state index contributed by atoms with van der Waals surface area (Å²) in [7, 11) is 1.62. The molecule has 112 valence electrons. The molecular formula is C16H17BrClNO2. The van der Waals surface area contributed by atoms with Crippen LogP contribution in [0.15, 0.2) is 40.9 Å². The lowest BCUT2D eigenvalue weighted by atomic mass is 10.1. The van der Waals surface area contributed by atoms with E-state index in [9.17, 15) is 0 Å². The molecular weight excluding hydrogens is 354 g/mol. The molecule has 0 aliphatic rings. The van der Waals surface area contributed by atoms with Gasteiger partial charge >= 0.3 is 0 Å². The number of ether oxygens (including phenoxy) is 2. The van der Waals surface area contributed by atoms with E-state index in [1.807, 2.05) is 36.4 Å². The molecule has 21 heavy (non-hydrogen) atoms. The van der Waals surface area contributed by atoms with Crippen molar-refractivity contribution in [2.24, 2.45) is 5.73 Å². The van der Waals surface area contributed by atoms with Crippen LogP contribution < -0.4 is 15.2 Å². The van der Waals surface area contributed by atoms with E-state index in [1.54, 1.807) is 7.11 Å². The van der Waals surface area contributed by atoms with Gasteiger partial charge in [0.15, 0.2) is 11.5 Å². The van der Waals surface area contributed by atoms with E-state index in [0.717, 1.165) is 22.0 Å². The highest BCUT2D eigenvalue weighted by atomic mass is 79.9. The molecule has 0 spiro atoms. The Kier molecular flexibility index (Phi) is 5.91. The van der Waals surface area contributed by atoms with Gasteiger partial charge in [-0.15, -0.1) is 0 Å². The second kappa shape index (κ2) is 7.69. The Bertz CT molecular complexity index is 619. The molecule has 0 radical (unpaired) electrons. The number of hydrogen-bond donors (Lipinski definition) is 1. The Hall–Kier alpha value is -1.23. The first kappa shape index (κ1) is 16.1. The normalized spacial score (nSPS) is 10.5. The minimum Gasteiger partial charge on any atom is -0.493 e. The summed E-state index contributed by atoms with van der Waals surface area (Å²) in [5, 5.41) is 0.668. The average Bonchev–Trinajstić information content (AvgIpc) is 2.47. The van der Waals surface area contributed by atoms with Gasteiger partial charge < -0.3 is 15.2 Å². The number of hydrogen-bond acceptors (Lipinski definition) is 3. The Labute approximate surface area is 138 Å². The summed E-state index contributed by atoms with van der Waals surface area (Å²) in [4.78, 5) is 0. The summed E-state index contributed by atoms with van der Waals surface area (Å²) < 4.78 is 12.1. The van der Waals surface area contributed by atoms with Gasteiger partial charge in [0.1, 0.15) is 6.61 Å². The van der Waals surface area contributed by atoms with Gasteiger partial charge in [0.2, 0.25) is 0 Å². The van der Waals surface area contributed by atoms with Crippen LogP contribution in [0.1, 0.15) is 11.1 Å². The number of rotatable bonds is 6. The van der Waals surface area contributed by atoms with E-state index < -0.39 is 0 Å². The number of benzene rings is 2. The molecule has 2 N–H and O–H groups in total. The average molecular weight is 371 g/mol. The highest BCUT2D eigenvalue weighted by Crippen LogP contribution is 2.30. The molecule has 0 saturated carbocycles. The monoisotopic (exact) mass is 369 g/mol. The quantitative estimate of drug-likeness (QED) is 0.829. The first-order chi connectivity index (χ1) is 10.1. The van der Waals surface area contributed by atoms with Crippen LogP contribution in [0.4, 0.5) is 0 Å². The van der Waals surface area contributed by atoms with Gasteiger partial charge in [0.05, 0.1) is 7.11 Å². The topological polar surface area (TPSA) is 44.5 Å². The Morgan fingerprint density at radius 2 is 1.95 bits per heavy atom. The maximum atomic E-state index is 6.19. The number of methoxy groups -OCH3 is 1. The van der Waals surface area contributed by atoms with Crippen LogP contribution in [0.25, 0.3) is 0 Å². The summed E-state index contributed by atoms with van der Waals surface area (Å²) in [5.41, 5.74) is 7.63. The summed E-state index contributed by atoms with van der Waals surface area (Å²) >= 11 is 9.58. The van der Waals surface area contributed by atoms with Gasteiger partial charge in [0, 0.05) is 15.1 Å². The molecule has 0 fully saturated rings. The SMILES string of the molecule is COc1ccc(CCN)cc1OCc1ccc(Br)cc1Cl. The Morgan fingerprint density at radius 3 is 2.62 bits per heavy atom. The number of halogens is 2. The highest BCUT2D eigenvalue weighted by Gasteiger charge is 2.08. The van der Waals surface area contributed by atoms with Crippen molar-refractivity contribution in [3.05, 3.63) is 57.0 Å². The van der Waals surface area contributed by atoms with Crippen LogP contribution in [0, 0.1) is 0 Å². The van der Waals surface area contributed by atoms with Crippen molar-refractivity contribution in [1.29, 1.82) is 0 Å². The van der Waals surface area contributed by atoms with Crippen molar-refractivity contribution < 1.29 is 9.47 Å². The van der Waals surface area contributed by atoms with Crippen LogP contribution in [0.5, 0.6) is 11.5 Å². The summed E-state index contributed by atoms with van der Waals surface area (Å²) in [6, 6.07) is 11.6. The predicted molar refractivity (Wildman–Crippen MR) is 89.2 cm³/mol. The third kappa shape index (κ3) is 4.37. The maximum Gasteiger partial charge on any atom is 0.161 e. The molecule has 0 aromatic heterocycles. The fourth-order valence-electron chi connectivity index (χ4n) is 1.95. The molecule has 0 heterocycles. The van der Waals surface area contributed by atoms with Crippen LogP contribution in [-0.4, -0.2) is 13.7 Å². The molecule has 0 saturated heterocycles. The van der Waals surface area contributed by atoms with Crippen molar-refractivity contribution in [3.63, 3.8) is 0 Å². The highest BCUT2D eigenvalue weighted by molar-refractivity contribution is 9.10. The van der Waals surface area contributed by atoms with Crippen LogP contribution in [0.3, 0.4) is 0 Å². The fraction of sp³-hybridized carbons (Fsp3) is 0.250. The zero-order valence-electron chi connectivity index (χ0n) is 11.7. The third-order valence-corrected chi connectivity index (χ3v) is 3.90. The van der Waals surface area contributed by atoms with Gasteiger partial charge in [0.25, 0.3) is 0 Å². The predicted octanol–water partition coefficient (Wildman–Crippen LogP) is 4.19. The molecule has 0 bridgehead atoms. The largest absolute Gasteiger partial charge is 0.493 e. The summed E-state index contributed by atoms with van der Waals surface area (Å²) in [6.07, 6.45) is 0.805. The molecule has 0 aliphatic heterocycles. The lowest BCUT2D eigenvalue weighted by Gasteiger charge is -2.13. The second-order valence-corrected chi connectivity index (χ2v) is 5.87. The zero-order valence-corrected chi connectivity index (χ0v) is 14.1. The minimum atomic E-state index is 0.383. The van der Waals surface area contributed by atoms with Gasteiger partial charge in [-0.25, -0.2) is 0 Å². The van der Waals surface area contributed by atoms with E-state index in [2.05, 4.69) is 15.9 Å². The van der Waals surface area contributed by atoms with E-state index in [0.29, 0.717) is 29.7 Å². The minimum absolute atomic E-state index is 0.383. The zero-order chi connectivity index (χ0) is 15.2. The smallest absolute Gasteiger partial charge is 0.161 e. The van der Waals surface area contributed by atoms with E-state index >= 15 is 0 Å². The van der Waals surface area contributed by atoms with E-state index in [1.165, 1.54) is 0 Å². The summed E-state index contributed by atoms with van der Waals surface area (Å²) in [6.45, 7) is 0.985. The standard InChI is InChI=1S/C16H17BrClNO2/c1-20-15-5-2-11(6-7-19)8-16(15)21-10-12-3-4-13(17)9-14(12)18/h2-5,8-9H,6-7,10,19H2,1H3. The number of nitrogens with two attached hydrogens (primary N) is 1.